The molecule has 0 unspecified atom stereocenters. The third-order valence-electron chi connectivity index (χ3n) is 5.29. The topological polar surface area (TPSA) is 51.0 Å². The fourth-order valence-electron chi connectivity index (χ4n) is 3.85. The number of hydrogen-bond donors (Lipinski definition) is 0. The van der Waals surface area contributed by atoms with Crippen molar-refractivity contribution in [3.63, 3.8) is 0 Å². The number of fused-ring (bicyclic) bond motifs is 1. The molecule has 0 N–H and O–H groups in total. The molecule has 3 heterocycles. The lowest BCUT2D eigenvalue weighted by Gasteiger charge is -2.19. The first-order valence-electron chi connectivity index (χ1n) is 9.29. The summed E-state index contributed by atoms with van der Waals surface area (Å²) in [6.45, 7) is 1.65. The molecular formula is C21H24N4O. The lowest BCUT2D eigenvalue weighted by atomic mass is 9.92. The van der Waals surface area contributed by atoms with Crippen molar-refractivity contribution in [3.05, 3.63) is 60.4 Å². The standard InChI is InChI=1S/C21H24N4O/c1-24-14-20(23-15-24)21(26)25-9-2-3-16(7-10-25)11-17-4-5-19-13-22-8-6-18(19)12-17/h4-6,8,12-16H,2-3,7,9-11H2,1H3/t16-/m1/s1. The molecule has 26 heavy (non-hydrogen) atoms. The Bertz CT molecular complexity index is 917. The number of aromatic nitrogens is 3. The molecule has 0 saturated carbocycles. The molecule has 0 bridgehead atoms. The van der Waals surface area contributed by atoms with Gasteiger partial charge in [-0.2, -0.15) is 0 Å². The Labute approximate surface area is 153 Å². The predicted octanol–water partition coefficient (Wildman–Crippen LogP) is 3.45. The number of amides is 1. The summed E-state index contributed by atoms with van der Waals surface area (Å²) in [6, 6.07) is 8.72. The van der Waals surface area contributed by atoms with E-state index in [1.807, 2.05) is 28.9 Å². The second kappa shape index (κ2) is 7.28. The Morgan fingerprint density at radius 3 is 2.96 bits per heavy atom. The van der Waals surface area contributed by atoms with Gasteiger partial charge in [0.1, 0.15) is 5.69 Å². The van der Waals surface area contributed by atoms with E-state index in [4.69, 9.17) is 0 Å². The van der Waals surface area contributed by atoms with Crippen LogP contribution in [0.3, 0.4) is 0 Å². The fraction of sp³-hybridized carbons (Fsp3) is 0.381. The molecule has 1 fully saturated rings. The first-order valence-corrected chi connectivity index (χ1v) is 9.29. The zero-order chi connectivity index (χ0) is 17.9. The molecule has 3 aromatic rings. The van der Waals surface area contributed by atoms with Gasteiger partial charge >= 0.3 is 0 Å². The predicted molar refractivity (Wildman–Crippen MR) is 102 cm³/mol. The van der Waals surface area contributed by atoms with Gasteiger partial charge in [-0.1, -0.05) is 18.2 Å². The minimum Gasteiger partial charge on any atom is -0.340 e. The summed E-state index contributed by atoms with van der Waals surface area (Å²) in [5.74, 6) is 0.681. The lowest BCUT2D eigenvalue weighted by Crippen LogP contribution is -2.32. The van der Waals surface area contributed by atoms with E-state index in [-0.39, 0.29) is 5.91 Å². The van der Waals surface area contributed by atoms with Crippen LogP contribution in [0.5, 0.6) is 0 Å². The number of imidazole rings is 1. The van der Waals surface area contributed by atoms with E-state index in [2.05, 4.69) is 34.2 Å². The van der Waals surface area contributed by atoms with Gasteiger partial charge in [-0.3, -0.25) is 9.78 Å². The smallest absolute Gasteiger partial charge is 0.274 e. The molecular weight excluding hydrogens is 324 g/mol. The number of nitrogens with zero attached hydrogens (tertiary/aromatic N) is 4. The fourth-order valence-corrected chi connectivity index (χ4v) is 3.85. The minimum atomic E-state index is 0.0597. The van der Waals surface area contributed by atoms with Crippen LogP contribution >= 0.6 is 0 Å². The highest BCUT2D eigenvalue weighted by atomic mass is 16.2. The Morgan fingerprint density at radius 2 is 2.12 bits per heavy atom. The molecule has 2 aromatic heterocycles. The van der Waals surface area contributed by atoms with E-state index in [1.165, 1.54) is 22.8 Å². The van der Waals surface area contributed by atoms with E-state index >= 15 is 0 Å². The maximum atomic E-state index is 12.6. The largest absolute Gasteiger partial charge is 0.340 e. The van der Waals surface area contributed by atoms with Crippen LogP contribution in [-0.4, -0.2) is 38.4 Å². The third-order valence-corrected chi connectivity index (χ3v) is 5.29. The summed E-state index contributed by atoms with van der Waals surface area (Å²) in [4.78, 5) is 23.0. The van der Waals surface area contributed by atoms with E-state index in [9.17, 15) is 4.79 Å². The summed E-state index contributed by atoms with van der Waals surface area (Å²) in [5, 5.41) is 2.43. The molecule has 1 atom stereocenters. The maximum Gasteiger partial charge on any atom is 0.274 e. The van der Waals surface area contributed by atoms with Crippen molar-refractivity contribution in [3.8, 4) is 0 Å². The summed E-state index contributed by atoms with van der Waals surface area (Å²) in [5.41, 5.74) is 1.92. The highest BCUT2D eigenvalue weighted by Gasteiger charge is 2.23. The number of pyridine rings is 1. The number of aryl methyl sites for hydroxylation is 1. The van der Waals surface area contributed by atoms with Crippen molar-refractivity contribution in [1.29, 1.82) is 0 Å². The molecule has 1 aromatic carbocycles. The van der Waals surface area contributed by atoms with Crippen molar-refractivity contribution in [2.75, 3.05) is 13.1 Å². The monoisotopic (exact) mass is 348 g/mol. The van der Waals surface area contributed by atoms with E-state index < -0.39 is 0 Å². The molecule has 1 saturated heterocycles. The number of carbonyl (C=O) groups is 1. The van der Waals surface area contributed by atoms with Crippen LogP contribution in [0, 0.1) is 5.92 Å². The molecule has 0 spiro atoms. The van der Waals surface area contributed by atoms with Crippen molar-refractivity contribution in [1.82, 2.24) is 19.4 Å². The average Bonchev–Trinajstić information content (AvgIpc) is 2.96. The third kappa shape index (κ3) is 3.62. The maximum absolute atomic E-state index is 12.6. The van der Waals surface area contributed by atoms with Gasteiger partial charge in [0, 0.05) is 44.1 Å². The summed E-state index contributed by atoms with van der Waals surface area (Å²) < 4.78 is 1.82. The highest BCUT2D eigenvalue weighted by Crippen LogP contribution is 2.24. The second-order valence-corrected chi connectivity index (χ2v) is 7.27. The number of carbonyl (C=O) groups excluding carboxylic acids is 1. The number of hydrogen-bond acceptors (Lipinski definition) is 3. The van der Waals surface area contributed by atoms with E-state index in [0.717, 1.165) is 32.4 Å². The number of benzene rings is 1. The number of rotatable bonds is 3. The summed E-state index contributed by atoms with van der Waals surface area (Å²) >= 11 is 0. The molecule has 0 radical (unpaired) electrons. The van der Waals surface area contributed by atoms with Gasteiger partial charge in [-0.25, -0.2) is 4.98 Å². The Kier molecular flexibility index (Phi) is 4.69. The van der Waals surface area contributed by atoms with Gasteiger partial charge in [0.15, 0.2) is 0 Å². The molecule has 5 nitrogen and oxygen atoms in total. The van der Waals surface area contributed by atoms with Crippen molar-refractivity contribution >= 4 is 16.7 Å². The molecule has 1 aliphatic heterocycles. The molecule has 1 amide bonds. The van der Waals surface area contributed by atoms with Crippen LogP contribution in [0.4, 0.5) is 0 Å². The molecule has 4 rings (SSSR count). The quantitative estimate of drug-likeness (QED) is 0.728. The Morgan fingerprint density at radius 1 is 1.19 bits per heavy atom. The second-order valence-electron chi connectivity index (χ2n) is 7.27. The minimum absolute atomic E-state index is 0.0597. The van der Waals surface area contributed by atoms with Crippen LogP contribution in [0.15, 0.2) is 49.2 Å². The lowest BCUT2D eigenvalue weighted by molar-refractivity contribution is 0.0754. The summed E-state index contributed by atoms with van der Waals surface area (Å²) in [6.07, 6.45) is 11.6. The molecule has 134 valence electrons. The zero-order valence-electron chi connectivity index (χ0n) is 15.1. The van der Waals surface area contributed by atoms with E-state index in [1.54, 1.807) is 12.5 Å². The number of likely N-dealkylation sites (tertiary alicyclic amines) is 1. The van der Waals surface area contributed by atoms with Crippen molar-refractivity contribution in [2.24, 2.45) is 13.0 Å². The molecule has 5 heteroatoms. The Hall–Kier alpha value is -2.69. The van der Waals surface area contributed by atoms with Crippen LogP contribution < -0.4 is 0 Å². The molecule has 0 aliphatic carbocycles. The summed E-state index contributed by atoms with van der Waals surface area (Å²) in [7, 11) is 1.89. The van der Waals surface area contributed by atoms with Crippen LogP contribution in [0.25, 0.3) is 10.8 Å². The SMILES string of the molecule is Cn1cnc(C(=O)N2CCC[C@@H](Cc3ccc4cnccc4c3)CC2)c1. The Balaban J connectivity index is 1.40. The van der Waals surface area contributed by atoms with Gasteiger partial charge in [0.25, 0.3) is 5.91 Å². The average molecular weight is 348 g/mol. The van der Waals surface area contributed by atoms with Gasteiger partial charge in [-0.15, -0.1) is 0 Å². The van der Waals surface area contributed by atoms with Gasteiger partial charge in [0.05, 0.1) is 6.33 Å². The van der Waals surface area contributed by atoms with Crippen molar-refractivity contribution < 1.29 is 4.79 Å². The highest BCUT2D eigenvalue weighted by molar-refractivity contribution is 5.92. The van der Waals surface area contributed by atoms with Crippen LogP contribution in [0.2, 0.25) is 0 Å². The van der Waals surface area contributed by atoms with Gasteiger partial charge < -0.3 is 9.47 Å². The van der Waals surface area contributed by atoms with E-state index in [0.29, 0.717) is 11.6 Å². The van der Waals surface area contributed by atoms with Crippen molar-refractivity contribution in [2.45, 2.75) is 25.7 Å². The van der Waals surface area contributed by atoms with Gasteiger partial charge in [-0.05, 0) is 48.6 Å². The first-order chi connectivity index (χ1) is 12.7. The van der Waals surface area contributed by atoms with Crippen LogP contribution in [0.1, 0.15) is 35.3 Å². The first kappa shape index (κ1) is 16.8. The van der Waals surface area contributed by atoms with Crippen LogP contribution in [-0.2, 0) is 13.5 Å². The van der Waals surface area contributed by atoms with Gasteiger partial charge in [0.2, 0.25) is 0 Å². The normalized spacial score (nSPS) is 18.0. The molecule has 1 aliphatic rings. The zero-order valence-corrected chi connectivity index (χ0v) is 15.1.